The summed E-state index contributed by atoms with van der Waals surface area (Å²) in [5, 5.41) is 2.23. The number of hydrogen-bond donors (Lipinski definition) is 0. The zero-order valence-electron chi connectivity index (χ0n) is 17.7. The summed E-state index contributed by atoms with van der Waals surface area (Å²) in [7, 11) is 0. The van der Waals surface area contributed by atoms with Crippen molar-refractivity contribution in [1.82, 2.24) is 9.80 Å². The van der Waals surface area contributed by atoms with Crippen LogP contribution in [-0.4, -0.2) is 51.9 Å². The molecule has 0 N–H and O–H groups in total. The van der Waals surface area contributed by atoms with Crippen molar-refractivity contribution in [2.75, 3.05) is 25.4 Å². The topological polar surface area (TPSA) is 40.6 Å². The molecule has 3 aromatic carbocycles. The standard InChI is InChI=1S/C26H26N2O2S/c1-19-6-8-21(9-7-19)25(30)28-16-17-31-26(28)12-14-27(15-13-26)24(29)23-11-10-20-4-2-3-5-22(20)18-23/h2-11,18H,12-17H2,1H3. The summed E-state index contributed by atoms with van der Waals surface area (Å²) in [6, 6.07) is 21.9. The van der Waals surface area contributed by atoms with Crippen LogP contribution in [0, 0.1) is 6.92 Å². The molecule has 2 heterocycles. The quantitative estimate of drug-likeness (QED) is 0.576. The zero-order chi connectivity index (χ0) is 21.4. The molecular formula is C26H26N2O2S. The monoisotopic (exact) mass is 430 g/mol. The molecule has 0 unspecified atom stereocenters. The highest BCUT2D eigenvalue weighted by Crippen LogP contribution is 2.44. The Kier molecular flexibility index (Phi) is 5.22. The summed E-state index contributed by atoms with van der Waals surface area (Å²) in [6.45, 7) is 4.16. The van der Waals surface area contributed by atoms with E-state index in [4.69, 9.17) is 0 Å². The Balaban J connectivity index is 1.30. The van der Waals surface area contributed by atoms with E-state index in [9.17, 15) is 9.59 Å². The van der Waals surface area contributed by atoms with Crippen molar-refractivity contribution in [2.24, 2.45) is 0 Å². The fraction of sp³-hybridized carbons (Fsp3) is 0.308. The van der Waals surface area contributed by atoms with Crippen LogP contribution in [-0.2, 0) is 0 Å². The van der Waals surface area contributed by atoms with Crippen molar-refractivity contribution in [3.63, 3.8) is 0 Å². The van der Waals surface area contributed by atoms with Gasteiger partial charge in [0.25, 0.3) is 11.8 Å². The fourth-order valence-electron chi connectivity index (χ4n) is 4.73. The number of hydrogen-bond acceptors (Lipinski definition) is 3. The van der Waals surface area contributed by atoms with E-state index in [1.165, 1.54) is 0 Å². The molecule has 5 heteroatoms. The number of nitrogens with zero attached hydrogens (tertiary/aromatic N) is 2. The van der Waals surface area contributed by atoms with E-state index >= 15 is 0 Å². The number of thioether (sulfide) groups is 1. The van der Waals surface area contributed by atoms with Crippen molar-refractivity contribution in [2.45, 2.75) is 24.6 Å². The molecule has 0 bridgehead atoms. The number of piperidine rings is 1. The summed E-state index contributed by atoms with van der Waals surface area (Å²) in [5.74, 6) is 1.15. The van der Waals surface area contributed by atoms with Gasteiger partial charge in [0, 0.05) is 36.5 Å². The summed E-state index contributed by atoms with van der Waals surface area (Å²) >= 11 is 1.88. The van der Waals surface area contributed by atoms with Crippen LogP contribution in [0.25, 0.3) is 10.8 Å². The Labute approximate surface area is 187 Å². The number of likely N-dealkylation sites (tertiary alicyclic amines) is 1. The van der Waals surface area contributed by atoms with E-state index in [-0.39, 0.29) is 16.7 Å². The van der Waals surface area contributed by atoms with E-state index in [0.29, 0.717) is 13.1 Å². The van der Waals surface area contributed by atoms with Gasteiger partial charge in [-0.1, -0.05) is 48.0 Å². The van der Waals surface area contributed by atoms with E-state index in [2.05, 4.69) is 11.0 Å². The SMILES string of the molecule is Cc1ccc(C(=O)N2CCSC23CCN(C(=O)c2ccc4ccccc4c2)CC3)cc1. The van der Waals surface area contributed by atoms with Crippen LogP contribution in [0.15, 0.2) is 66.7 Å². The number of carbonyl (C=O) groups is 2. The van der Waals surface area contributed by atoms with Crippen LogP contribution in [0.2, 0.25) is 0 Å². The molecule has 2 aliphatic heterocycles. The molecule has 0 aliphatic carbocycles. The van der Waals surface area contributed by atoms with Gasteiger partial charge in [-0.3, -0.25) is 9.59 Å². The zero-order valence-corrected chi connectivity index (χ0v) is 18.5. The maximum atomic E-state index is 13.2. The molecule has 0 atom stereocenters. The number of amides is 2. The van der Waals surface area contributed by atoms with E-state index in [0.717, 1.165) is 52.6 Å². The average molecular weight is 431 g/mol. The van der Waals surface area contributed by atoms with Gasteiger partial charge in [-0.05, 0) is 54.8 Å². The molecule has 2 aliphatic rings. The summed E-state index contributed by atoms with van der Waals surface area (Å²) in [5.41, 5.74) is 2.64. The highest BCUT2D eigenvalue weighted by Gasteiger charge is 2.47. The summed E-state index contributed by atoms with van der Waals surface area (Å²) in [6.07, 6.45) is 1.63. The molecule has 5 rings (SSSR count). The van der Waals surface area contributed by atoms with E-state index in [1.54, 1.807) is 0 Å². The fourth-order valence-corrected chi connectivity index (χ4v) is 6.18. The van der Waals surface area contributed by atoms with Gasteiger partial charge in [0.05, 0.1) is 4.87 Å². The lowest BCUT2D eigenvalue weighted by Crippen LogP contribution is -2.53. The highest BCUT2D eigenvalue weighted by atomic mass is 32.2. The predicted molar refractivity (Wildman–Crippen MR) is 126 cm³/mol. The number of benzene rings is 3. The molecule has 4 nitrogen and oxygen atoms in total. The Morgan fingerprint density at radius 1 is 0.806 bits per heavy atom. The third-order valence-corrected chi connectivity index (χ3v) is 8.10. The van der Waals surface area contributed by atoms with Gasteiger partial charge in [0.2, 0.25) is 0 Å². The smallest absolute Gasteiger partial charge is 0.254 e. The molecule has 1 spiro atoms. The van der Waals surface area contributed by atoms with Crippen LogP contribution in [0.1, 0.15) is 39.1 Å². The van der Waals surface area contributed by atoms with Gasteiger partial charge < -0.3 is 9.80 Å². The van der Waals surface area contributed by atoms with Crippen molar-refractivity contribution >= 4 is 34.3 Å². The first-order valence-electron chi connectivity index (χ1n) is 10.9. The number of fused-ring (bicyclic) bond motifs is 1. The molecule has 3 aromatic rings. The minimum absolute atomic E-state index is 0.0833. The lowest BCUT2D eigenvalue weighted by atomic mass is 9.99. The number of rotatable bonds is 2. The van der Waals surface area contributed by atoms with Gasteiger partial charge in [-0.15, -0.1) is 11.8 Å². The molecule has 31 heavy (non-hydrogen) atoms. The van der Waals surface area contributed by atoms with E-state index < -0.39 is 0 Å². The van der Waals surface area contributed by atoms with Gasteiger partial charge in [-0.2, -0.15) is 0 Å². The van der Waals surface area contributed by atoms with Gasteiger partial charge in [0.15, 0.2) is 0 Å². The average Bonchev–Trinajstić information content (AvgIpc) is 3.21. The van der Waals surface area contributed by atoms with Gasteiger partial charge in [0.1, 0.15) is 0 Å². The summed E-state index contributed by atoms with van der Waals surface area (Å²) < 4.78 is 0. The minimum atomic E-state index is -0.192. The van der Waals surface area contributed by atoms with Crippen LogP contribution >= 0.6 is 11.8 Å². The second-order valence-electron chi connectivity index (χ2n) is 8.47. The first-order chi connectivity index (χ1) is 15.1. The Morgan fingerprint density at radius 2 is 1.48 bits per heavy atom. The molecule has 0 radical (unpaired) electrons. The van der Waals surface area contributed by atoms with Crippen molar-refractivity contribution in [3.8, 4) is 0 Å². The lowest BCUT2D eigenvalue weighted by molar-refractivity contribution is 0.0498. The normalized spacial score (nSPS) is 18.0. The van der Waals surface area contributed by atoms with E-state index in [1.807, 2.05) is 84.2 Å². The second-order valence-corrected chi connectivity index (χ2v) is 9.93. The predicted octanol–water partition coefficient (Wildman–Crippen LogP) is 4.97. The largest absolute Gasteiger partial charge is 0.338 e. The minimum Gasteiger partial charge on any atom is -0.338 e. The Bertz CT molecular complexity index is 1130. The van der Waals surface area contributed by atoms with Crippen molar-refractivity contribution < 1.29 is 9.59 Å². The molecule has 0 saturated carbocycles. The lowest BCUT2D eigenvalue weighted by Gasteiger charge is -2.44. The molecule has 2 amide bonds. The van der Waals surface area contributed by atoms with Gasteiger partial charge in [-0.25, -0.2) is 0 Å². The molecule has 0 aromatic heterocycles. The van der Waals surface area contributed by atoms with Crippen molar-refractivity contribution in [1.29, 1.82) is 0 Å². The van der Waals surface area contributed by atoms with Crippen molar-refractivity contribution in [3.05, 3.63) is 83.4 Å². The van der Waals surface area contributed by atoms with Crippen LogP contribution in [0.5, 0.6) is 0 Å². The highest BCUT2D eigenvalue weighted by molar-refractivity contribution is 8.00. The van der Waals surface area contributed by atoms with Crippen LogP contribution < -0.4 is 0 Å². The summed E-state index contributed by atoms with van der Waals surface area (Å²) in [4.78, 5) is 30.2. The Hall–Kier alpha value is -2.79. The van der Waals surface area contributed by atoms with Gasteiger partial charge >= 0.3 is 0 Å². The second kappa shape index (κ2) is 8.04. The van der Waals surface area contributed by atoms with Crippen LogP contribution in [0.4, 0.5) is 0 Å². The number of aryl methyl sites for hydroxylation is 1. The maximum Gasteiger partial charge on any atom is 0.254 e. The maximum absolute atomic E-state index is 13.2. The molecular weight excluding hydrogens is 404 g/mol. The third-order valence-electron chi connectivity index (χ3n) is 6.55. The third kappa shape index (κ3) is 3.72. The first kappa shape index (κ1) is 20.1. The van der Waals surface area contributed by atoms with Crippen LogP contribution in [0.3, 0.4) is 0 Å². The Morgan fingerprint density at radius 3 is 2.23 bits per heavy atom. The molecule has 158 valence electrons. The molecule has 2 fully saturated rings. The molecule has 2 saturated heterocycles. The number of carbonyl (C=O) groups excluding carboxylic acids is 2. The first-order valence-corrected chi connectivity index (χ1v) is 11.9.